The Balaban J connectivity index is 3.50. The third-order valence-corrected chi connectivity index (χ3v) is 2.06. The van der Waals surface area contributed by atoms with E-state index in [4.69, 9.17) is 0 Å². The van der Waals surface area contributed by atoms with Crippen LogP contribution >= 0.6 is 0 Å². The van der Waals surface area contributed by atoms with Gasteiger partial charge in [0.05, 0.1) is 0 Å². The number of rotatable bonds is 7. The zero-order valence-corrected chi connectivity index (χ0v) is 11.4. The molecule has 0 saturated heterocycles. The van der Waals surface area contributed by atoms with Gasteiger partial charge in [-0.25, -0.2) is 0 Å². The van der Waals surface area contributed by atoms with E-state index in [0.29, 0.717) is 32.5 Å². The lowest BCUT2D eigenvalue weighted by molar-refractivity contribution is -0.122. The molecule has 0 fully saturated rings. The minimum absolute atomic E-state index is 0.0222. The maximum atomic E-state index is 11.4. The van der Waals surface area contributed by atoms with Crippen LogP contribution in [0.15, 0.2) is 0 Å². The van der Waals surface area contributed by atoms with Gasteiger partial charge in [-0.1, -0.05) is 0 Å². The van der Waals surface area contributed by atoms with E-state index in [1.807, 2.05) is 6.92 Å². The van der Waals surface area contributed by atoms with Crippen molar-refractivity contribution in [3.63, 3.8) is 0 Å². The molecule has 2 amide bonds. The third kappa shape index (κ3) is 11.2. The summed E-state index contributed by atoms with van der Waals surface area (Å²) in [5.41, 5.74) is 0.0291. The maximum absolute atomic E-state index is 11.4. The van der Waals surface area contributed by atoms with E-state index in [0.717, 1.165) is 0 Å². The molecule has 0 unspecified atom stereocenters. The Bertz CT molecular complexity index is 247. The molecule has 0 saturated carbocycles. The van der Waals surface area contributed by atoms with E-state index < -0.39 is 0 Å². The lowest BCUT2D eigenvalue weighted by atomic mass is 10.1. The summed E-state index contributed by atoms with van der Waals surface area (Å²) in [5.74, 6) is -0.0494. The fourth-order valence-corrected chi connectivity index (χ4v) is 1.24. The zero-order valence-electron chi connectivity index (χ0n) is 11.4. The number of hydrogen-bond acceptors (Lipinski definition) is 3. The topological polar surface area (TPSA) is 70.2 Å². The van der Waals surface area contributed by atoms with Crippen LogP contribution in [0.4, 0.5) is 0 Å². The summed E-state index contributed by atoms with van der Waals surface area (Å²) in [7, 11) is 0. The molecule has 17 heavy (non-hydrogen) atoms. The average Bonchev–Trinajstić information content (AvgIpc) is 2.16. The van der Waals surface area contributed by atoms with E-state index in [1.54, 1.807) is 0 Å². The number of carbonyl (C=O) groups excluding carboxylic acids is 2. The molecule has 0 aliphatic carbocycles. The summed E-state index contributed by atoms with van der Waals surface area (Å²) >= 11 is 0. The van der Waals surface area contributed by atoms with Crippen LogP contribution in [-0.2, 0) is 9.59 Å². The molecule has 0 bridgehead atoms. The van der Waals surface area contributed by atoms with Crippen molar-refractivity contribution >= 4 is 11.8 Å². The van der Waals surface area contributed by atoms with E-state index in [9.17, 15) is 9.59 Å². The summed E-state index contributed by atoms with van der Waals surface area (Å²) in [5, 5.41) is 8.63. The van der Waals surface area contributed by atoms with Crippen LogP contribution in [0.1, 0.15) is 40.5 Å². The van der Waals surface area contributed by atoms with Gasteiger partial charge in [0.1, 0.15) is 0 Å². The highest BCUT2D eigenvalue weighted by Crippen LogP contribution is 1.97. The van der Waals surface area contributed by atoms with Gasteiger partial charge in [-0.2, -0.15) is 0 Å². The number of amides is 2. The van der Waals surface area contributed by atoms with Gasteiger partial charge in [0.15, 0.2) is 0 Å². The molecule has 5 heteroatoms. The predicted molar refractivity (Wildman–Crippen MR) is 68.7 cm³/mol. The van der Waals surface area contributed by atoms with Gasteiger partial charge in [0.25, 0.3) is 0 Å². The van der Waals surface area contributed by atoms with Crippen LogP contribution in [0.3, 0.4) is 0 Å². The standard InChI is InChI=1S/C12H25N3O2/c1-5-13-10(16)6-8-14-11(17)7-9-15-12(2,3)4/h15H,5-9H2,1-4H3,(H,13,16)(H,14,17). The average molecular weight is 243 g/mol. The summed E-state index contributed by atoms with van der Waals surface area (Å²) in [6.45, 7) is 9.72. The molecule has 3 N–H and O–H groups in total. The number of hydrogen-bond donors (Lipinski definition) is 3. The minimum atomic E-state index is -0.0272. The summed E-state index contributed by atoms with van der Waals surface area (Å²) in [6.07, 6.45) is 0.777. The first kappa shape index (κ1) is 15.9. The molecule has 0 radical (unpaired) electrons. The van der Waals surface area contributed by atoms with E-state index >= 15 is 0 Å². The van der Waals surface area contributed by atoms with Crippen molar-refractivity contribution in [1.29, 1.82) is 0 Å². The van der Waals surface area contributed by atoms with Crippen molar-refractivity contribution in [3.05, 3.63) is 0 Å². The molecule has 0 rings (SSSR count). The second kappa shape index (κ2) is 8.06. The predicted octanol–water partition coefficient (Wildman–Crippen LogP) is 0.407. The molecule has 0 aromatic heterocycles. The summed E-state index contributed by atoms with van der Waals surface area (Å²) in [4.78, 5) is 22.5. The number of carbonyl (C=O) groups is 2. The minimum Gasteiger partial charge on any atom is -0.356 e. The van der Waals surface area contributed by atoms with Gasteiger partial charge >= 0.3 is 0 Å². The van der Waals surface area contributed by atoms with Crippen molar-refractivity contribution in [3.8, 4) is 0 Å². The highest BCUT2D eigenvalue weighted by molar-refractivity contribution is 5.78. The van der Waals surface area contributed by atoms with Crippen molar-refractivity contribution in [2.24, 2.45) is 0 Å². The first-order valence-corrected chi connectivity index (χ1v) is 6.13. The summed E-state index contributed by atoms with van der Waals surface area (Å²) in [6, 6.07) is 0. The second-order valence-electron chi connectivity index (χ2n) is 4.98. The SMILES string of the molecule is CCNC(=O)CCNC(=O)CCNC(C)(C)C. The largest absolute Gasteiger partial charge is 0.356 e. The van der Waals surface area contributed by atoms with Crippen molar-refractivity contribution < 1.29 is 9.59 Å². The Morgan fingerprint density at radius 1 is 0.941 bits per heavy atom. The first-order valence-electron chi connectivity index (χ1n) is 6.13. The fourth-order valence-electron chi connectivity index (χ4n) is 1.24. The third-order valence-electron chi connectivity index (χ3n) is 2.06. The quantitative estimate of drug-likeness (QED) is 0.606. The van der Waals surface area contributed by atoms with Gasteiger partial charge < -0.3 is 16.0 Å². The van der Waals surface area contributed by atoms with E-state index in [1.165, 1.54) is 0 Å². The molecular formula is C12H25N3O2. The smallest absolute Gasteiger partial charge is 0.221 e. The molecule has 0 aromatic rings. The maximum Gasteiger partial charge on any atom is 0.221 e. The van der Waals surface area contributed by atoms with Crippen LogP contribution < -0.4 is 16.0 Å². The Morgan fingerprint density at radius 3 is 2.00 bits per heavy atom. The molecule has 0 aliphatic rings. The van der Waals surface area contributed by atoms with Gasteiger partial charge in [-0.05, 0) is 27.7 Å². The molecule has 100 valence electrons. The van der Waals surface area contributed by atoms with Gasteiger partial charge in [-0.15, -0.1) is 0 Å². The molecule has 0 aromatic carbocycles. The van der Waals surface area contributed by atoms with Crippen LogP contribution in [-0.4, -0.2) is 37.0 Å². The molecule has 0 spiro atoms. The Morgan fingerprint density at radius 2 is 1.47 bits per heavy atom. The van der Waals surface area contributed by atoms with Crippen molar-refractivity contribution in [2.75, 3.05) is 19.6 Å². The molecular weight excluding hydrogens is 218 g/mol. The first-order chi connectivity index (χ1) is 7.85. The Kier molecular flexibility index (Phi) is 7.54. The summed E-state index contributed by atoms with van der Waals surface area (Å²) < 4.78 is 0. The van der Waals surface area contributed by atoms with Crippen LogP contribution in [0, 0.1) is 0 Å². The van der Waals surface area contributed by atoms with Crippen LogP contribution in [0.25, 0.3) is 0 Å². The van der Waals surface area contributed by atoms with Gasteiger partial charge in [-0.3, -0.25) is 9.59 Å². The van der Waals surface area contributed by atoms with Crippen LogP contribution in [0.5, 0.6) is 0 Å². The lowest BCUT2D eigenvalue weighted by Crippen LogP contribution is -2.39. The van der Waals surface area contributed by atoms with Gasteiger partial charge in [0.2, 0.25) is 11.8 Å². The number of nitrogens with one attached hydrogen (secondary N) is 3. The van der Waals surface area contributed by atoms with Crippen molar-refractivity contribution in [2.45, 2.75) is 46.1 Å². The van der Waals surface area contributed by atoms with E-state index in [-0.39, 0.29) is 17.4 Å². The normalized spacial score (nSPS) is 11.1. The Hall–Kier alpha value is -1.10. The molecule has 5 nitrogen and oxygen atoms in total. The lowest BCUT2D eigenvalue weighted by Gasteiger charge is -2.20. The second-order valence-corrected chi connectivity index (χ2v) is 4.98. The van der Waals surface area contributed by atoms with Crippen molar-refractivity contribution in [1.82, 2.24) is 16.0 Å². The zero-order chi connectivity index (χ0) is 13.3. The van der Waals surface area contributed by atoms with E-state index in [2.05, 4.69) is 36.7 Å². The fraction of sp³-hybridized carbons (Fsp3) is 0.833. The highest BCUT2D eigenvalue weighted by atomic mass is 16.2. The molecule has 0 aliphatic heterocycles. The van der Waals surface area contributed by atoms with Crippen LogP contribution in [0.2, 0.25) is 0 Å². The monoisotopic (exact) mass is 243 g/mol. The Labute approximate surface area is 104 Å². The molecule has 0 atom stereocenters. The van der Waals surface area contributed by atoms with Gasteiger partial charge in [0, 0.05) is 38.0 Å². The molecule has 0 heterocycles. The highest BCUT2D eigenvalue weighted by Gasteiger charge is 2.09.